The van der Waals surface area contributed by atoms with Crippen molar-refractivity contribution in [2.24, 2.45) is 0 Å². The summed E-state index contributed by atoms with van der Waals surface area (Å²) in [6, 6.07) is 7.39. The normalized spacial score (nSPS) is 10.5. The van der Waals surface area contributed by atoms with E-state index < -0.39 is 4.92 Å². The van der Waals surface area contributed by atoms with Crippen molar-refractivity contribution in [3.63, 3.8) is 0 Å². The average Bonchev–Trinajstić information content (AvgIpc) is 2.44. The van der Waals surface area contributed by atoms with Gasteiger partial charge in [-0.05, 0) is 6.07 Å². The number of hydrogen-bond donors (Lipinski definition) is 0. The minimum Gasteiger partial charge on any atom is -0.448 e. The number of nitro groups is 1. The van der Waals surface area contributed by atoms with Gasteiger partial charge in [-0.1, -0.05) is 46.9 Å². The molecule has 21 heavy (non-hydrogen) atoms. The lowest BCUT2D eigenvalue weighted by Gasteiger charge is -2.12. The maximum atomic E-state index is 11.1. The lowest BCUT2D eigenvalue weighted by atomic mass is 10.2. The van der Waals surface area contributed by atoms with Gasteiger partial charge in [0.2, 0.25) is 5.75 Å². The van der Waals surface area contributed by atoms with Gasteiger partial charge in [0.1, 0.15) is 0 Å². The van der Waals surface area contributed by atoms with Crippen molar-refractivity contribution in [2.75, 3.05) is 0 Å². The van der Waals surface area contributed by atoms with Gasteiger partial charge in [-0.3, -0.25) is 10.1 Å². The molecule has 2 aromatic carbocycles. The Morgan fingerprint density at radius 1 is 1.10 bits per heavy atom. The minimum absolute atomic E-state index is 0.0612. The van der Waals surface area contributed by atoms with Crippen LogP contribution in [0.2, 0.25) is 15.1 Å². The molecule has 110 valence electrons. The molecule has 0 amide bonds. The van der Waals surface area contributed by atoms with Crippen molar-refractivity contribution < 1.29 is 9.66 Å². The maximum Gasteiger partial charge on any atom is 0.313 e. The van der Waals surface area contributed by atoms with Crippen LogP contribution in [0, 0.1) is 10.1 Å². The molecule has 0 fully saturated rings. The molecule has 0 aliphatic heterocycles. The number of nitrogens with zero attached hydrogens (tertiary/aromatic N) is 1. The maximum absolute atomic E-state index is 11.1. The summed E-state index contributed by atoms with van der Waals surface area (Å²) in [5, 5.41) is 11.6. The highest BCUT2D eigenvalue weighted by Crippen LogP contribution is 2.41. The first-order valence-electron chi connectivity index (χ1n) is 5.58. The zero-order chi connectivity index (χ0) is 15.6. The number of para-hydroxylation sites is 1. The lowest BCUT2D eigenvalue weighted by molar-refractivity contribution is -0.385. The average molecular weight is 367 g/mol. The monoisotopic (exact) mass is 365 g/mol. The second-order valence-electron chi connectivity index (χ2n) is 3.95. The van der Waals surface area contributed by atoms with Crippen molar-refractivity contribution in [3.8, 4) is 11.5 Å². The Morgan fingerprint density at radius 3 is 2.38 bits per heavy atom. The third-order valence-corrected chi connectivity index (χ3v) is 3.91. The number of ether oxygens (including phenoxy) is 1. The molecule has 0 radical (unpaired) electrons. The van der Waals surface area contributed by atoms with Crippen molar-refractivity contribution in [2.45, 2.75) is 5.88 Å². The molecule has 0 aliphatic rings. The quantitative estimate of drug-likeness (QED) is 0.374. The van der Waals surface area contributed by atoms with Crippen LogP contribution in [0.15, 0.2) is 30.3 Å². The van der Waals surface area contributed by atoms with Gasteiger partial charge in [-0.2, -0.15) is 0 Å². The van der Waals surface area contributed by atoms with Crippen molar-refractivity contribution in [1.29, 1.82) is 0 Å². The molecule has 4 nitrogen and oxygen atoms in total. The minimum atomic E-state index is -0.616. The van der Waals surface area contributed by atoms with Crippen molar-refractivity contribution in [1.82, 2.24) is 0 Å². The lowest BCUT2D eigenvalue weighted by Crippen LogP contribution is -1.96. The van der Waals surface area contributed by atoms with E-state index in [1.54, 1.807) is 18.2 Å². The van der Waals surface area contributed by atoms with E-state index in [0.29, 0.717) is 5.56 Å². The van der Waals surface area contributed by atoms with E-state index in [9.17, 15) is 10.1 Å². The summed E-state index contributed by atoms with van der Waals surface area (Å²) < 4.78 is 5.56. The summed E-state index contributed by atoms with van der Waals surface area (Å²) in [7, 11) is 0. The highest BCUT2D eigenvalue weighted by Gasteiger charge is 2.21. The highest BCUT2D eigenvalue weighted by atomic mass is 35.5. The standard InChI is InChI=1S/C13H7Cl4NO3/c14-6-7-2-1-3-8(15)13(7)21-12-5-10(17)9(16)4-11(12)18(19)20/h1-5H,6H2. The van der Waals surface area contributed by atoms with Gasteiger partial charge < -0.3 is 4.74 Å². The van der Waals surface area contributed by atoms with E-state index in [0.717, 1.165) is 6.07 Å². The molecule has 0 spiro atoms. The van der Waals surface area contributed by atoms with Crippen LogP contribution in [0.3, 0.4) is 0 Å². The summed E-state index contributed by atoms with van der Waals surface area (Å²) in [4.78, 5) is 10.5. The molecular weight excluding hydrogens is 360 g/mol. The third-order valence-electron chi connectivity index (χ3n) is 2.60. The first-order chi connectivity index (χ1) is 9.93. The number of rotatable bonds is 4. The Labute approximate surface area is 140 Å². The van der Waals surface area contributed by atoms with Gasteiger partial charge in [0.05, 0.1) is 25.9 Å². The van der Waals surface area contributed by atoms with Crippen molar-refractivity contribution in [3.05, 3.63) is 61.1 Å². The van der Waals surface area contributed by atoms with Crippen LogP contribution in [-0.2, 0) is 5.88 Å². The molecule has 0 saturated carbocycles. The Kier molecular flexibility index (Phi) is 5.17. The number of hydrogen-bond acceptors (Lipinski definition) is 3. The fraction of sp³-hybridized carbons (Fsp3) is 0.0769. The van der Waals surface area contributed by atoms with Crippen LogP contribution >= 0.6 is 46.4 Å². The van der Waals surface area contributed by atoms with Crippen LogP contribution in [0.4, 0.5) is 5.69 Å². The van der Waals surface area contributed by atoms with Crippen LogP contribution in [0.25, 0.3) is 0 Å². The fourth-order valence-electron chi connectivity index (χ4n) is 1.63. The number of alkyl halides is 1. The van der Waals surface area contributed by atoms with Gasteiger partial charge in [-0.25, -0.2) is 0 Å². The summed E-state index contributed by atoms with van der Waals surface area (Å²) in [5.74, 6) is 0.329. The van der Waals surface area contributed by atoms with Gasteiger partial charge in [0.25, 0.3) is 0 Å². The third kappa shape index (κ3) is 3.52. The predicted octanol–water partition coefficient (Wildman–Crippen LogP) is 6.09. The second-order valence-corrected chi connectivity index (χ2v) is 5.44. The van der Waals surface area contributed by atoms with Crippen molar-refractivity contribution >= 4 is 52.1 Å². The van der Waals surface area contributed by atoms with E-state index in [1.807, 2.05) is 0 Å². The van der Waals surface area contributed by atoms with Gasteiger partial charge in [0, 0.05) is 17.7 Å². The first-order valence-corrected chi connectivity index (χ1v) is 7.25. The Bertz CT molecular complexity index is 706. The van der Waals surface area contributed by atoms with E-state index in [4.69, 9.17) is 51.1 Å². The first kappa shape index (κ1) is 16.2. The molecule has 0 N–H and O–H groups in total. The van der Waals surface area contributed by atoms with Crippen LogP contribution < -0.4 is 4.74 Å². The molecule has 0 atom stereocenters. The highest BCUT2D eigenvalue weighted by molar-refractivity contribution is 6.42. The molecule has 0 saturated heterocycles. The molecule has 2 rings (SSSR count). The SMILES string of the molecule is O=[N+]([O-])c1cc(Cl)c(Cl)cc1Oc1c(Cl)cccc1CCl. The molecular formula is C13H7Cl4NO3. The second kappa shape index (κ2) is 6.71. The fourth-order valence-corrected chi connectivity index (χ4v) is 2.38. The molecule has 8 heteroatoms. The van der Waals surface area contributed by atoms with E-state index in [-0.39, 0.29) is 38.1 Å². The van der Waals surface area contributed by atoms with E-state index in [2.05, 4.69) is 0 Å². The molecule has 0 bridgehead atoms. The molecule has 0 aliphatic carbocycles. The number of nitro benzene ring substituents is 1. The molecule has 0 heterocycles. The van der Waals surface area contributed by atoms with Gasteiger partial charge >= 0.3 is 5.69 Å². The number of benzene rings is 2. The van der Waals surface area contributed by atoms with Gasteiger partial charge in [-0.15, -0.1) is 11.6 Å². The molecule has 2 aromatic rings. The number of halogens is 4. The molecule has 0 unspecified atom stereocenters. The zero-order valence-electron chi connectivity index (χ0n) is 10.3. The van der Waals surface area contributed by atoms with Crippen LogP contribution in [-0.4, -0.2) is 4.92 Å². The van der Waals surface area contributed by atoms with Crippen LogP contribution in [0.5, 0.6) is 11.5 Å². The Hall–Kier alpha value is -1.20. The van der Waals surface area contributed by atoms with Crippen LogP contribution in [0.1, 0.15) is 5.56 Å². The van der Waals surface area contributed by atoms with Gasteiger partial charge in [0.15, 0.2) is 5.75 Å². The van der Waals surface area contributed by atoms with E-state index >= 15 is 0 Å². The Balaban J connectivity index is 2.54. The summed E-state index contributed by atoms with van der Waals surface area (Å²) >= 11 is 23.5. The smallest absolute Gasteiger partial charge is 0.313 e. The molecule has 0 aromatic heterocycles. The van der Waals surface area contributed by atoms with E-state index in [1.165, 1.54) is 6.07 Å². The topological polar surface area (TPSA) is 52.4 Å². The summed E-state index contributed by atoms with van der Waals surface area (Å²) in [5.41, 5.74) is 0.286. The predicted molar refractivity (Wildman–Crippen MR) is 84.2 cm³/mol. The summed E-state index contributed by atoms with van der Waals surface area (Å²) in [6.45, 7) is 0. The Morgan fingerprint density at radius 2 is 1.76 bits per heavy atom. The largest absolute Gasteiger partial charge is 0.448 e. The zero-order valence-corrected chi connectivity index (χ0v) is 13.3. The summed E-state index contributed by atoms with van der Waals surface area (Å²) in [6.07, 6.45) is 0.